The van der Waals surface area contributed by atoms with E-state index >= 15 is 0 Å². The lowest BCUT2D eigenvalue weighted by molar-refractivity contribution is -0.144. The number of benzene rings is 3. The molecule has 0 saturated carbocycles. The van der Waals surface area contributed by atoms with Crippen LogP contribution in [-0.4, -0.2) is 110 Å². The first kappa shape index (κ1) is 55.6. The van der Waals surface area contributed by atoms with Gasteiger partial charge >= 0.3 is 0 Å². The normalized spacial score (nSPS) is 16.8. The van der Waals surface area contributed by atoms with E-state index in [4.69, 9.17) is 26.1 Å². The van der Waals surface area contributed by atoms with Crippen LogP contribution in [0.3, 0.4) is 0 Å². The first-order valence-electron chi connectivity index (χ1n) is 25.3. The van der Waals surface area contributed by atoms with Gasteiger partial charge in [0, 0.05) is 52.7 Å². The van der Waals surface area contributed by atoms with Crippen molar-refractivity contribution in [2.75, 3.05) is 33.0 Å². The fourth-order valence-electron chi connectivity index (χ4n) is 9.22. The number of carbonyl (C=O) groups excluding carboxylic acids is 4. The molecule has 5 atom stereocenters. The van der Waals surface area contributed by atoms with E-state index < -0.39 is 41.5 Å². The van der Waals surface area contributed by atoms with Gasteiger partial charge in [-0.2, -0.15) is 0 Å². The molecule has 76 heavy (non-hydrogen) atoms. The van der Waals surface area contributed by atoms with Crippen molar-refractivity contribution in [1.82, 2.24) is 40.6 Å². The molecule has 398 valence electrons. The number of likely N-dealkylation sites (tertiary alicyclic amines) is 1. The highest BCUT2D eigenvalue weighted by Gasteiger charge is 2.44. The van der Waals surface area contributed by atoms with Crippen molar-refractivity contribution in [3.8, 4) is 27.3 Å². The van der Waals surface area contributed by atoms with Gasteiger partial charge in [-0.15, -0.1) is 32.9 Å². The van der Waals surface area contributed by atoms with Gasteiger partial charge in [0.05, 0.1) is 47.0 Å². The Hall–Kier alpha value is -6.59. The Morgan fingerprint density at radius 3 is 2.32 bits per heavy atom. The van der Waals surface area contributed by atoms with Crippen molar-refractivity contribution >= 4 is 63.6 Å². The summed E-state index contributed by atoms with van der Waals surface area (Å²) in [5.41, 5.74) is 9.53. The molecule has 1 saturated heterocycles. The Morgan fingerprint density at radius 1 is 0.908 bits per heavy atom. The van der Waals surface area contributed by atoms with E-state index in [0.717, 1.165) is 66.1 Å². The smallest absolute Gasteiger partial charge is 0.246 e. The molecule has 6 aromatic rings. The molecular formula is C57H64ClN9O7S2. The number of aliphatic hydroxyl groups is 1. The quantitative estimate of drug-likeness (QED) is 0.0482. The van der Waals surface area contributed by atoms with E-state index in [9.17, 15) is 24.3 Å². The lowest BCUT2D eigenvalue weighted by Gasteiger charge is -2.35. The van der Waals surface area contributed by atoms with Gasteiger partial charge in [-0.3, -0.25) is 28.7 Å². The third-order valence-electron chi connectivity index (χ3n) is 13.5. The number of hydrogen-bond acceptors (Lipinski definition) is 13. The molecule has 1 fully saturated rings. The van der Waals surface area contributed by atoms with Crippen molar-refractivity contribution in [1.29, 1.82) is 0 Å². The number of nitrogens with one attached hydrogen (secondary N) is 3. The van der Waals surface area contributed by atoms with Crippen LogP contribution in [0.5, 0.6) is 0 Å². The van der Waals surface area contributed by atoms with Gasteiger partial charge in [-0.25, -0.2) is 4.98 Å². The number of rotatable bonds is 18. The predicted octanol–water partition coefficient (Wildman–Crippen LogP) is 8.08. The Bertz CT molecular complexity index is 3150. The summed E-state index contributed by atoms with van der Waals surface area (Å²) in [4.78, 5) is 67.5. The third-order valence-corrected chi connectivity index (χ3v) is 15.9. The summed E-state index contributed by atoms with van der Waals surface area (Å²) >= 11 is 9.50. The minimum Gasteiger partial charge on any atom is -0.391 e. The molecule has 0 aliphatic carbocycles. The van der Waals surface area contributed by atoms with E-state index in [1.165, 1.54) is 9.78 Å². The standard InChI is InChI=1S/C57H64ClN9O7S2/c1-33-36(4)76-56-49(33)50(41-20-22-43(58)23-21-41)62-45(53-65-64-37(5)67(53)56)28-47(69)61-34(2)40-16-12-38(13-17-40)11-9-24-73-25-10-26-74-31-48(70)63-52(57(6,7)8)55(72)66-30-44(68)27-46(66)54(71)59-29-39-14-18-42(19-15-39)51-35(3)60-32-75-51/h12-23,32,34,44-46,52,68H,10,24-31H2,1-8H3,(H,59,71)(H,61,69)(H,63,70)/t34-,44-,45+,46+,52-/m1/s1. The first-order valence-corrected chi connectivity index (χ1v) is 27.4. The largest absolute Gasteiger partial charge is 0.391 e. The van der Waals surface area contributed by atoms with E-state index in [0.29, 0.717) is 23.9 Å². The summed E-state index contributed by atoms with van der Waals surface area (Å²) in [7, 11) is 0. The summed E-state index contributed by atoms with van der Waals surface area (Å²) in [5.74, 6) is 6.02. The lowest BCUT2D eigenvalue weighted by Crippen LogP contribution is -2.58. The molecule has 4 N–H and O–H groups in total. The monoisotopic (exact) mass is 1090 g/mol. The molecule has 0 radical (unpaired) electrons. The minimum absolute atomic E-state index is 0.0209. The van der Waals surface area contributed by atoms with Gasteiger partial charge in [0.2, 0.25) is 23.6 Å². The molecule has 0 bridgehead atoms. The minimum atomic E-state index is -0.970. The maximum absolute atomic E-state index is 14.0. The molecule has 2 aliphatic rings. The zero-order valence-electron chi connectivity index (χ0n) is 44.0. The van der Waals surface area contributed by atoms with Gasteiger partial charge in [0.1, 0.15) is 42.2 Å². The van der Waals surface area contributed by atoms with E-state index in [2.05, 4.69) is 56.8 Å². The van der Waals surface area contributed by atoms with Crippen LogP contribution in [0.4, 0.5) is 0 Å². The second-order valence-corrected chi connectivity index (χ2v) is 22.7. The highest BCUT2D eigenvalue weighted by atomic mass is 35.5. The number of halogens is 1. The number of β-amino-alcohol motifs (C(OH)–C–C–N with tert-alkyl or cyclic N) is 1. The number of aromatic nitrogens is 4. The summed E-state index contributed by atoms with van der Waals surface area (Å²) in [6.45, 7) is 16.3. The molecule has 19 heteroatoms. The van der Waals surface area contributed by atoms with Crippen molar-refractivity contribution in [3.05, 3.63) is 139 Å². The van der Waals surface area contributed by atoms with Crippen molar-refractivity contribution < 1.29 is 33.8 Å². The molecule has 5 heterocycles. The SMILES string of the molecule is Cc1ncsc1-c1ccc(CNC(=O)[C@@H]2C[C@@H](O)CN2C(=O)[C@@H](NC(=O)COCCCOCC#Cc2ccc([C@@H](C)NC(=O)C[C@@H]3N=C(c4ccc(Cl)cc4)c4c(sc(C)c4C)-n4c(C)nnc43)cc2)C(C)(C)C)cc1. The molecule has 8 rings (SSSR count). The molecule has 0 unspecified atom stereocenters. The van der Waals surface area contributed by atoms with Crippen LogP contribution in [0, 0.1) is 45.0 Å². The zero-order chi connectivity index (χ0) is 54.3. The van der Waals surface area contributed by atoms with Crippen LogP contribution in [0.25, 0.3) is 15.4 Å². The number of aliphatic hydroxyl groups excluding tert-OH is 1. The third kappa shape index (κ3) is 13.3. The van der Waals surface area contributed by atoms with Gasteiger partial charge in [0.25, 0.3) is 0 Å². The number of thiazole rings is 1. The van der Waals surface area contributed by atoms with Gasteiger partial charge in [-0.05, 0) is 93.0 Å². The Balaban J connectivity index is 0.753. The number of aryl methyl sites for hydroxylation is 3. The van der Waals surface area contributed by atoms with E-state index in [1.54, 1.807) is 22.7 Å². The van der Waals surface area contributed by atoms with Gasteiger partial charge in [0.15, 0.2) is 5.82 Å². The molecular weight excluding hydrogens is 1020 g/mol. The van der Waals surface area contributed by atoms with Crippen LogP contribution < -0.4 is 16.0 Å². The number of carbonyl (C=O) groups is 4. The van der Waals surface area contributed by atoms with Crippen molar-refractivity contribution in [2.45, 2.75) is 111 Å². The van der Waals surface area contributed by atoms with Crippen LogP contribution in [0.15, 0.2) is 83.3 Å². The van der Waals surface area contributed by atoms with E-state index in [-0.39, 0.29) is 63.6 Å². The summed E-state index contributed by atoms with van der Waals surface area (Å²) in [6.07, 6.45) is -0.203. The molecule has 16 nitrogen and oxygen atoms in total. The second kappa shape index (κ2) is 24.6. The fourth-order valence-corrected chi connectivity index (χ4v) is 11.4. The highest BCUT2D eigenvalue weighted by molar-refractivity contribution is 7.15. The molecule has 2 aliphatic heterocycles. The molecule has 4 amide bonds. The highest BCUT2D eigenvalue weighted by Crippen LogP contribution is 2.40. The van der Waals surface area contributed by atoms with Gasteiger partial charge < -0.3 is 35.4 Å². The number of nitrogens with zero attached hydrogens (tertiary/aromatic N) is 6. The number of fused-ring (bicyclic) bond motifs is 3. The number of amides is 4. The Kier molecular flexibility index (Phi) is 18.0. The Labute approximate surface area is 456 Å². The maximum atomic E-state index is 14.0. The van der Waals surface area contributed by atoms with Gasteiger partial charge in [-0.1, -0.05) is 92.7 Å². The first-order chi connectivity index (χ1) is 36.4. The van der Waals surface area contributed by atoms with Crippen LogP contribution in [0.1, 0.15) is 115 Å². The Morgan fingerprint density at radius 2 is 1.62 bits per heavy atom. The maximum Gasteiger partial charge on any atom is 0.246 e. The number of ether oxygens (including phenoxy) is 2. The predicted molar refractivity (Wildman–Crippen MR) is 296 cm³/mol. The summed E-state index contributed by atoms with van der Waals surface area (Å²) in [6, 6.07) is 20.4. The summed E-state index contributed by atoms with van der Waals surface area (Å²) < 4.78 is 13.4. The fraction of sp³-hybridized carbons (Fsp3) is 0.404. The average Bonchev–Trinajstić information content (AvgIpc) is 4.16. The zero-order valence-corrected chi connectivity index (χ0v) is 46.4. The topological polar surface area (TPSA) is 202 Å². The van der Waals surface area contributed by atoms with Crippen molar-refractivity contribution in [3.63, 3.8) is 0 Å². The molecule has 3 aromatic heterocycles. The molecule has 0 spiro atoms. The number of thiophene rings is 1. The average molecular weight is 1090 g/mol. The lowest BCUT2D eigenvalue weighted by atomic mass is 9.85. The van der Waals surface area contributed by atoms with Crippen molar-refractivity contribution in [2.24, 2.45) is 10.4 Å². The number of aliphatic imine (C=N–C) groups is 1. The number of hydrogen-bond donors (Lipinski definition) is 4. The summed E-state index contributed by atoms with van der Waals surface area (Å²) in [5, 5.41) is 30.0. The van der Waals surface area contributed by atoms with E-state index in [1.807, 2.05) is 124 Å². The second-order valence-electron chi connectivity index (χ2n) is 20.2. The van der Waals surface area contributed by atoms with Crippen LogP contribution >= 0.6 is 34.3 Å². The molecule has 3 aromatic carbocycles. The van der Waals surface area contributed by atoms with Crippen LogP contribution in [0.2, 0.25) is 5.02 Å². The van der Waals surface area contributed by atoms with Crippen LogP contribution in [-0.2, 0) is 35.2 Å².